The van der Waals surface area contributed by atoms with E-state index >= 15 is 0 Å². The summed E-state index contributed by atoms with van der Waals surface area (Å²) in [4.78, 5) is 0. The minimum atomic E-state index is 0.907. The van der Waals surface area contributed by atoms with Gasteiger partial charge in [0, 0.05) is 42.1 Å². The van der Waals surface area contributed by atoms with Crippen molar-refractivity contribution in [2.75, 3.05) is 0 Å². The quantitative estimate of drug-likeness (QED) is 0.183. The second kappa shape index (κ2) is 9.90. The molecule has 0 fully saturated rings. The summed E-state index contributed by atoms with van der Waals surface area (Å²) >= 11 is 1.86. The number of hydrogen-bond donors (Lipinski definition) is 0. The summed E-state index contributed by atoms with van der Waals surface area (Å²) in [5, 5.41) is 9.88. The maximum atomic E-state index is 6.84. The van der Waals surface area contributed by atoms with E-state index in [2.05, 4.69) is 158 Å². The smallest absolute Gasteiger partial charge is 0.143 e. The van der Waals surface area contributed by atoms with Gasteiger partial charge in [0.1, 0.15) is 11.2 Å². The number of furan rings is 1. The third-order valence-electron chi connectivity index (χ3n) is 9.48. The lowest BCUT2D eigenvalue weighted by Crippen LogP contribution is -1.91. The van der Waals surface area contributed by atoms with Gasteiger partial charge < -0.3 is 4.42 Å². The van der Waals surface area contributed by atoms with E-state index in [1.54, 1.807) is 0 Å². The molecule has 1 nitrogen and oxygen atoms in total. The lowest BCUT2D eigenvalue weighted by Gasteiger charge is -2.18. The Hall–Kier alpha value is -5.70. The average Bonchev–Trinajstić information content (AvgIpc) is 3.70. The van der Waals surface area contributed by atoms with Gasteiger partial charge in [-0.25, -0.2) is 0 Å². The van der Waals surface area contributed by atoms with Crippen molar-refractivity contribution < 1.29 is 4.42 Å². The first-order valence-corrected chi connectivity index (χ1v) is 16.5. The highest BCUT2D eigenvalue weighted by Crippen LogP contribution is 2.49. The second-order valence-corrected chi connectivity index (χ2v) is 13.0. The molecule has 0 saturated heterocycles. The molecule has 214 valence electrons. The summed E-state index contributed by atoms with van der Waals surface area (Å²) < 4.78 is 9.44. The van der Waals surface area contributed by atoms with Crippen LogP contribution >= 0.6 is 11.3 Å². The first kappa shape index (κ1) is 25.6. The summed E-state index contributed by atoms with van der Waals surface area (Å²) in [5.74, 6) is 0. The molecule has 10 aromatic rings. The van der Waals surface area contributed by atoms with Gasteiger partial charge in [-0.3, -0.25) is 0 Å². The summed E-state index contributed by atoms with van der Waals surface area (Å²) in [7, 11) is 0. The van der Waals surface area contributed by atoms with Crippen LogP contribution in [0.1, 0.15) is 0 Å². The van der Waals surface area contributed by atoms with E-state index in [9.17, 15) is 0 Å². The van der Waals surface area contributed by atoms with Crippen molar-refractivity contribution >= 4 is 75.0 Å². The number of fused-ring (bicyclic) bond motifs is 8. The van der Waals surface area contributed by atoms with Crippen molar-refractivity contribution in [3.8, 4) is 33.4 Å². The maximum Gasteiger partial charge on any atom is 0.143 e. The van der Waals surface area contributed by atoms with Crippen LogP contribution in [0.3, 0.4) is 0 Å². The summed E-state index contributed by atoms with van der Waals surface area (Å²) in [6.07, 6.45) is 0. The minimum Gasteiger partial charge on any atom is -0.455 e. The minimum absolute atomic E-state index is 0.907. The van der Waals surface area contributed by atoms with E-state index in [1.807, 2.05) is 11.3 Å². The molecule has 0 saturated carbocycles. The topological polar surface area (TPSA) is 13.1 Å². The Bertz CT molecular complexity index is 2740. The van der Waals surface area contributed by atoms with Gasteiger partial charge in [-0.2, -0.15) is 0 Å². The Morgan fingerprint density at radius 2 is 0.935 bits per heavy atom. The Labute approximate surface area is 269 Å². The molecular weight excluding hydrogens is 577 g/mol. The summed E-state index contributed by atoms with van der Waals surface area (Å²) in [6.45, 7) is 0. The molecule has 2 heterocycles. The highest BCUT2D eigenvalue weighted by Gasteiger charge is 2.23. The molecule has 46 heavy (non-hydrogen) atoms. The Balaban J connectivity index is 1.35. The molecule has 0 amide bonds. The Morgan fingerprint density at radius 3 is 1.67 bits per heavy atom. The molecule has 0 aliphatic rings. The van der Waals surface area contributed by atoms with E-state index in [0.717, 1.165) is 27.5 Å². The molecule has 2 heteroatoms. The number of benzene rings is 8. The monoisotopic (exact) mass is 602 g/mol. The van der Waals surface area contributed by atoms with Gasteiger partial charge in [-0.1, -0.05) is 140 Å². The zero-order chi connectivity index (χ0) is 30.2. The van der Waals surface area contributed by atoms with Crippen molar-refractivity contribution in [1.29, 1.82) is 0 Å². The predicted octanol–water partition coefficient (Wildman–Crippen LogP) is 13.3. The van der Waals surface area contributed by atoms with Gasteiger partial charge in [0.05, 0.1) is 0 Å². The normalized spacial score (nSPS) is 11.9. The standard InChI is InChI=1S/C44H26OS/c1-2-13-27(14-3-1)40-29-16-4-6-18-31(29)41(32-19-7-5-17-30(32)40)37-26-25-33(43-42(37)36-20-8-10-23-38(36)45-43)35-22-12-21-34-28-15-9-11-24-39(28)46-44(34)35/h1-26H. The highest BCUT2D eigenvalue weighted by atomic mass is 32.1. The van der Waals surface area contributed by atoms with Crippen LogP contribution in [-0.2, 0) is 0 Å². The van der Waals surface area contributed by atoms with E-state index < -0.39 is 0 Å². The molecule has 0 unspecified atom stereocenters. The van der Waals surface area contributed by atoms with Crippen molar-refractivity contribution in [1.82, 2.24) is 0 Å². The molecule has 10 rings (SSSR count). The third-order valence-corrected chi connectivity index (χ3v) is 10.7. The Morgan fingerprint density at radius 1 is 0.370 bits per heavy atom. The van der Waals surface area contributed by atoms with Crippen molar-refractivity contribution in [3.05, 3.63) is 158 Å². The van der Waals surface area contributed by atoms with E-state index in [4.69, 9.17) is 4.42 Å². The van der Waals surface area contributed by atoms with Crippen LogP contribution in [0.25, 0.3) is 97.0 Å². The zero-order valence-corrected chi connectivity index (χ0v) is 25.6. The van der Waals surface area contributed by atoms with Gasteiger partial charge in [0.15, 0.2) is 0 Å². The van der Waals surface area contributed by atoms with Gasteiger partial charge in [-0.15, -0.1) is 11.3 Å². The SMILES string of the molecule is c1ccc(-c2c3ccccc3c(-c3ccc(-c4cccc5c4sc4ccccc45)c4oc5ccccc5c34)c3ccccc23)cc1. The van der Waals surface area contributed by atoms with Gasteiger partial charge >= 0.3 is 0 Å². The number of thiophene rings is 1. The molecule has 2 aromatic heterocycles. The molecule has 0 atom stereocenters. The van der Waals surface area contributed by atoms with Gasteiger partial charge in [-0.05, 0) is 62.0 Å². The van der Waals surface area contributed by atoms with Crippen LogP contribution in [0.4, 0.5) is 0 Å². The molecule has 0 N–H and O–H groups in total. The molecule has 0 bridgehead atoms. The van der Waals surface area contributed by atoms with Crippen molar-refractivity contribution in [3.63, 3.8) is 0 Å². The Kier molecular flexibility index (Phi) is 5.51. The lowest BCUT2D eigenvalue weighted by molar-refractivity contribution is 0.670. The van der Waals surface area contributed by atoms with Crippen LogP contribution in [0.5, 0.6) is 0 Å². The number of hydrogen-bond acceptors (Lipinski definition) is 2. The summed E-state index contributed by atoms with van der Waals surface area (Å²) in [6, 6.07) is 57.0. The fourth-order valence-corrected chi connectivity index (χ4v) is 8.77. The van der Waals surface area contributed by atoms with Crippen molar-refractivity contribution in [2.24, 2.45) is 0 Å². The van der Waals surface area contributed by atoms with E-state index in [-0.39, 0.29) is 0 Å². The predicted molar refractivity (Wildman–Crippen MR) is 198 cm³/mol. The highest BCUT2D eigenvalue weighted by molar-refractivity contribution is 7.26. The molecule has 8 aromatic carbocycles. The number of para-hydroxylation sites is 1. The summed E-state index contributed by atoms with van der Waals surface area (Å²) in [5.41, 5.74) is 9.12. The van der Waals surface area contributed by atoms with Gasteiger partial charge in [0.2, 0.25) is 0 Å². The zero-order valence-electron chi connectivity index (χ0n) is 24.8. The second-order valence-electron chi connectivity index (χ2n) is 12.0. The lowest BCUT2D eigenvalue weighted by atomic mass is 9.84. The molecule has 0 radical (unpaired) electrons. The van der Waals surface area contributed by atoms with Crippen LogP contribution < -0.4 is 0 Å². The van der Waals surface area contributed by atoms with Gasteiger partial charge in [0.25, 0.3) is 0 Å². The largest absolute Gasteiger partial charge is 0.455 e. The van der Waals surface area contributed by atoms with Crippen LogP contribution in [0.2, 0.25) is 0 Å². The van der Waals surface area contributed by atoms with Crippen LogP contribution in [-0.4, -0.2) is 0 Å². The fourth-order valence-electron chi connectivity index (χ4n) is 7.54. The number of rotatable bonds is 3. The van der Waals surface area contributed by atoms with Crippen molar-refractivity contribution in [2.45, 2.75) is 0 Å². The van der Waals surface area contributed by atoms with Crippen LogP contribution in [0, 0.1) is 0 Å². The molecule has 0 aliphatic carbocycles. The molecule has 0 spiro atoms. The molecular formula is C44H26OS. The fraction of sp³-hybridized carbons (Fsp3) is 0. The first-order chi connectivity index (χ1) is 22.8. The van der Waals surface area contributed by atoms with Crippen LogP contribution in [0.15, 0.2) is 162 Å². The average molecular weight is 603 g/mol. The molecule has 0 aliphatic heterocycles. The van der Waals surface area contributed by atoms with E-state index in [0.29, 0.717) is 0 Å². The first-order valence-electron chi connectivity index (χ1n) is 15.7. The maximum absolute atomic E-state index is 6.84. The van der Waals surface area contributed by atoms with E-state index in [1.165, 1.54) is 69.5 Å². The third kappa shape index (κ3) is 3.62.